The first-order valence-corrected chi connectivity index (χ1v) is 12.3. The molecule has 0 radical (unpaired) electrons. The van der Waals surface area contributed by atoms with Gasteiger partial charge in [-0.1, -0.05) is 32.5 Å². The van der Waals surface area contributed by atoms with Gasteiger partial charge in [-0.05, 0) is 89.1 Å². The third-order valence-electron chi connectivity index (χ3n) is 6.14. The van der Waals surface area contributed by atoms with E-state index in [-0.39, 0.29) is 23.7 Å². The van der Waals surface area contributed by atoms with E-state index in [9.17, 15) is 14.9 Å². The summed E-state index contributed by atoms with van der Waals surface area (Å²) in [5.41, 5.74) is 3.46. The highest BCUT2D eigenvalue weighted by atomic mass is 127. The summed E-state index contributed by atoms with van der Waals surface area (Å²) in [6.07, 6.45) is 2.99. The largest absolute Gasteiger partial charge is 0.274 e. The molecule has 160 valence electrons. The summed E-state index contributed by atoms with van der Waals surface area (Å²) in [5.74, 6) is 0.101. The zero-order valence-electron chi connectivity index (χ0n) is 17.8. The fraction of sp³-hybridized carbons (Fsp3) is 0.417. The lowest BCUT2D eigenvalue weighted by atomic mass is 9.71. The molecule has 2 unspecified atom stereocenters. The molecule has 2 aromatic rings. The van der Waals surface area contributed by atoms with E-state index >= 15 is 0 Å². The number of anilines is 1. The average Bonchev–Trinajstić information content (AvgIpc) is 3.00. The van der Waals surface area contributed by atoms with Gasteiger partial charge in [0.15, 0.2) is 0 Å². The second-order valence-corrected chi connectivity index (χ2v) is 11.7. The maximum absolute atomic E-state index is 13.0. The Hall–Kier alpha value is -1.92. The first kappa shape index (κ1) is 22.3. The molecule has 1 fully saturated rings. The van der Waals surface area contributed by atoms with Crippen LogP contribution in [0.1, 0.15) is 50.4 Å². The molecule has 2 heterocycles. The highest BCUT2D eigenvalue weighted by Gasteiger charge is 2.41. The number of aryl methyl sites for hydroxylation is 1. The van der Waals surface area contributed by atoms with Crippen molar-refractivity contribution >= 4 is 51.9 Å². The molecule has 1 aliphatic carbocycles. The molecule has 5 nitrogen and oxygen atoms in total. The molecule has 2 amide bonds. The Bertz CT molecular complexity index is 1090. The van der Waals surface area contributed by atoms with Crippen LogP contribution in [-0.4, -0.2) is 22.0 Å². The molecule has 1 aromatic carbocycles. The van der Waals surface area contributed by atoms with Crippen molar-refractivity contribution in [2.45, 2.75) is 56.7 Å². The van der Waals surface area contributed by atoms with Gasteiger partial charge in [-0.3, -0.25) is 9.59 Å². The Morgan fingerprint density at radius 2 is 1.90 bits per heavy atom. The minimum atomic E-state index is -0.560. The number of benzene rings is 1. The van der Waals surface area contributed by atoms with Crippen LogP contribution in [0.5, 0.6) is 0 Å². The summed E-state index contributed by atoms with van der Waals surface area (Å²) in [6, 6.07) is 11.5. The molecule has 7 heteroatoms. The predicted molar refractivity (Wildman–Crippen MR) is 130 cm³/mol. The van der Waals surface area contributed by atoms with Gasteiger partial charge in [-0.25, -0.2) is 9.88 Å². The van der Waals surface area contributed by atoms with Crippen molar-refractivity contribution in [3.63, 3.8) is 0 Å². The van der Waals surface area contributed by atoms with Gasteiger partial charge in [0.25, 0.3) is 0 Å². The summed E-state index contributed by atoms with van der Waals surface area (Å²) in [7, 11) is 0. The Labute approximate surface area is 200 Å². The van der Waals surface area contributed by atoms with Crippen molar-refractivity contribution in [3.05, 3.63) is 50.7 Å². The number of carbonyl (C=O) groups excluding carboxylic acids is 2. The van der Waals surface area contributed by atoms with Crippen molar-refractivity contribution in [1.29, 1.82) is 5.26 Å². The molecule has 0 spiro atoms. The number of halogens is 1. The Morgan fingerprint density at radius 3 is 2.55 bits per heavy atom. The lowest BCUT2D eigenvalue weighted by Crippen LogP contribution is -2.31. The molecule has 4 rings (SSSR count). The van der Waals surface area contributed by atoms with E-state index in [1.165, 1.54) is 16.7 Å². The van der Waals surface area contributed by atoms with Gasteiger partial charge in [0.05, 0.1) is 16.5 Å². The van der Waals surface area contributed by atoms with Gasteiger partial charge in [0, 0.05) is 15.7 Å². The number of aromatic nitrogens is 1. The van der Waals surface area contributed by atoms with E-state index in [1.54, 1.807) is 12.1 Å². The van der Waals surface area contributed by atoms with Crippen LogP contribution in [-0.2, 0) is 22.4 Å². The lowest BCUT2D eigenvalue weighted by molar-refractivity contribution is -0.121. The average molecular weight is 545 g/mol. The molecule has 31 heavy (non-hydrogen) atoms. The number of pyridine rings is 1. The van der Waals surface area contributed by atoms with E-state index in [0.29, 0.717) is 22.2 Å². The molecule has 1 aromatic heterocycles. The fourth-order valence-electron chi connectivity index (χ4n) is 4.25. The normalized spacial score (nSPS) is 21.2. The number of hydrogen-bond acceptors (Lipinski definition) is 5. The van der Waals surface area contributed by atoms with Crippen molar-refractivity contribution < 1.29 is 9.59 Å². The van der Waals surface area contributed by atoms with Gasteiger partial charge in [-0.15, -0.1) is 0 Å². The quantitative estimate of drug-likeness (QED) is 0.395. The number of imide groups is 1. The van der Waals surface area contributed by atoms with Crippen LogP contribution in [0.15, 0.2) is 35.4 Å². The number of fused-ring (bicyclic) bond motifs is 1. The third kappa shape index (κ3) is 4.51. The zero-order chi connectivity index (χ0) is 22.3. The number of carbonyl (C=O) groups is 2. The smallest absolute Gasteiger partial charge is 0.247 e. The van der Waals surface area contributed by atoms with Gasteiger partial charge in [0.1, 0.15) is 11.1 Å². The second kappa shape index (κ2) is 8.55. The highest BCUT2D eigenvalue weighted by molar-refractivity contribution is 14.1. The number of nitrogens with zero attached hydrogens (tertiary/aromatic N) is 3. The number of hydrogen-bond donors (Lipinski definition) is 0. The van der Waals surface area contributed by atoms with Crippen LogP contribution in [0, 0.1) is 26.2 Å². The number of thioether (sulfide) groups is 1. The monoisotopic (exact) mass is 545 g/mol. The first-order chi connectivity index (χ1) is 14.7. The molecule has 0 saturated carbocycles. The minimum absolute atomic E-state index is 0.116. The van der Waals surface area contributed by atoms with Gasteiger partial charge >= 0.3 is 0 Å². The van der Waals surface area contributed by atoms with Crippen LogP contribution < -0.4 is 4.90 Å². The van der Waals surface area contributed by atoms with Crippen molar-refractivity contribution in [3.8, 4) is 6.07 Å². The molecular formula is C24H24IN3O2S. The van der Waals surface area contributed by atoms with Crippen molar-refractivity contribution in [2.75, 3.05) is 4.90 Å². The predicted octanol–water partition coefficient (Wildman–Crippen LogP) is 5.13. The minimum Gasteiger partial charge on any atom is -0.274 e. The lowest BCUT2D eigenvalue weighted by Gasteiger charge is -2.34. The first-order valence-electron chi connectivity index (χ1n) is 10.4. The summed E-state index contributed by atoms with van der Waals surface area (Å²) in [4.78, 5) is 31.7. The summed E-state index contributed by atoms with van der Waals surface area (Å²) in [5, 5.41) is 9.73. The topological polar surface area (TPSA) is 74.1 Å². The summed E-state index contributed by atoms with van der Waals surface area (Å²) in [6.45, 7) is 6.77. The summed E-state index contributed by atoms with van der Waals surface area (Å²) >= 11 is 3.44. The molecule has 0 N–H and O–H groups in total. The maximum atomic E-state index is 13.0. The van der Waals surface area contributed by atoms with E-state index in [1.807, 2.05) is 18.2 Å². The molecule has 1 aliphatic heterocycles. The second-order valence-electron chi connectivity index (χ2n) is 9.22. The molecule has 2 atom stereocenters. The standard InChI is InChI=1S/C24H24IN3O2S/c1-24(2,3)16-4-9-19-14(11-16)10-15(13-26)22(27-19)31-20-12-21(29)28(23(20)30)18-7-5-17(25)6-8-18/h5-8,10,16,20H,4,9,11-12H2,1-3H3. The Kier molecular flexibility index (Phi) is 6.14. The van der Waals surface area contributed by atoms with E-state index in [2.05, 4.69) is 49.4 Å². The SMILES string of the molecule is CC(C)(C)C1CCc2nc(SC3CC(=O)N(c4ccc(I)cc4)C3=O)c(C#N)cc2C1. The van der Waals surface area contributed by atoms with Crippen LogP contribution in [0.25, 0.3) is 0 Å². The molecule has 0 bridgehead atoms. The van der Waals surface area contributed by atoms with Crippen molar-refractivity contribution in [1.82, 2.24) is 4.98 Å². The van der Waals surface area contributed by atoms with E-state index in [4.69, 9.17) is 4.98 Å². The van der Waals surface area contributed by atoms with Gasteiger partial charge in [0.2, 0.25) is 11.8 Å². The Balaban J connectivity index is 1.57. The molecule has 1 saturated heterocycles. The van der Waals surface area contributed by atoms with E-state index < -0.39 is 5.25 Å². The molecule has 2 aliphatic rings. The Morgan fingerprint density at radius 1 is 1.19 bits per heavy atom. The third-order valence-corrected chi connectivity index (χ3v) is 8.05. The fourth-order valence-corrected chi connectivity index (χ4v) is 5.70. The van der Waals surface area contributed by atoms with Gasteiger partial charge < -0.3 is 0 Å². The van der Waals surface area contributed by atoms with Crippen LogP contribution >= 0.6 is 34.4 Å². The van der Waals surface area contributed by atoms with Crippen LogP contribution in [0.3, 0.4) is 0 Å². The summed E-state index contributed by atoms with van der Waals surface area (Å²) < 4.78 is 1.04. The highest BCUT2D eigenvalue weighted by Crippen LogP contribution is 2.40. The molecular weight excluding hydrogens is 521 g/mol. The number of nitriles is 1. The van der Waals surface area contributed by atoms with Crippen LogP contribution in [0.4, 0.5) is 5.69 Å². The van der Waals surface area contributed by atoms with Crippen LogP contribution in [0.2, 0.25) is 0 Å². The van der Waals surface area contributed by atoms with Gasteiger partial charge in [-0.2, -0.15) is 5.26 Å². The van der Waals surface area contributed by atoms with Crippen molar-refractivity contribution in [2.24, 2.45) is 11.3 Å². The zero-order valence-corrected chi connectivity index (χ0v) is 20.8. The number of amides is 2. The maximum Gasteiger partial charge on any atom is 0.247 e. The van der Waals surface area contributed by atoms with E-state index in [0.717, 1.165) is 34.1 Å². The number of rotatable bonds is 3.